The molecule has 0 bridgehead atoms. The number of hydrogen-bond donors (Lipinski definition) is 1. The van der Waals surface area contributed by atoms with E-state index in [1.807, 2.05) is 47.4 Å². The Morgan fingerprint density at radius 1 is 1.08 bits per heavy atom. The summed E-state index contributed by atoms with van der Waals surface area (Å²) in [7, 11) is 1.61. The second-order valence-electron chi connectivity index (χ2n) is 5.92. The van der Waals surface area contributed by atoms with E-state index in [-0.39, 0.29) is 12.1 Å². The molecule has 1 unspecified atom stereocenters. The summed E-state index contributed by atoms with van der Waals surface area (Å²) in [5.74, 6) is 0.641. The predicted molar refractivity (Wildman–Crippen MR) is 102 cm³/mol. The molecular weight excluding hydrogens is 332 g/mol. The van der Waals surface area contributed by atoms with Crippen molar-refractivity contribution in [1.82, 2.24) is 0 Å². The summed E-state index contributed by atoms with van der Waals surface area (Å²) in [6.45, 7) is 2.07. The van der Waals surface area contributed by atoms with Gasteiger partial charge in [-0.3, -0.25) is 9.69 Å². The lowest BCUT2D eigenvalue weighted by Crippen LogP contribution is -2.42. The number of thiophene rings is 1. The van der Waals surface area contributed by atoms with Crippen molar-refractivity contribution in [2.45, 2.75) is 13.1 Å². The van der Waals surface area contributed by atoms with E-state index in [0.717, 1.165) is 16.3 Å². The Bertz CT molecular complexity index is 920. The SMILES string of the molecule is COc1ccc2c(c1)C(=O)N(c1ccccc1)C(c1ccc(C)s1)N2. The number of fused-ring (bicyclic) bond motifs is 1. The third kappa shape index (κ3) is 2.76. The average molecular weight is 350 g/mol. The molecule has 0 spiro atoms. The Morgan fingerprint density at radius 2 is 1.88 bits per heavy atom. The molecule has 2 heterocycles. The van der Waals surface area contributed by atoms with Crippen LogP contribution in [0.15, 0.2) is 60.7 Å². The number of hydrogen-bond acceptors (Lipinski definition) is 4. The maximum atomic E-state index is 13.3. The lowest BCUT2D eigenvalue weighted by molar-refractivity contribution is 0.0975. The molecule has 1 aliphatic rings. The number of nitrogens with one attached hydrogen (secondary N) is 1. The van der Waals surface area contributed by atoms with Crippen molar-refractivity contribution in [3.05, 3.63) is 76.0 Å². The monoisotopic (exact) mass is 350 g/mol. The maximum absolute atomic E-state index is 13.3. The predicted octanol–water partition coefficient (Wildman–Crippen LogP) is 4.84. The zero-order valence-electron chi connectivity index (χ0n) is 14.0. The van der Waals surface area contributed by atoms with Gasteiger partial charge in [0.2, 0.25) is 0 Å². The zero-order chi connectivity index (χ0) is 17.4. The van der Waals surface area contributed by atoms with E-state index < -0.39 is 0 Å². The van der Waals surface area contributed by atoms with E-state index in [4.69, 9.17) is 4.74 Å². The number of anilines is 2. The van der Waals surface area contributed by atoms with Crippen molar-refractivity contribution in [2.24, 2.45) is 0 Å². The Kier molecular flexibility index (Phi) is 3.93. The second-order valence-corrected chi connectivity index (χ2v) is 7.24. The minimum Gasteiger partial charge on any atom is -0.497 e. The van der Waals surface area contributed by atoms with Gasteiger partial charge in [0.25, 0.3) is 5.91 Å². The van der Waals surface area contributed by atoms with Gasteiger partial charge in [-0.05, 0) is 49.4 Å². The molecule has 0 fully saturated rings. The van der Waals surface area contributed by atoms with Crippen LogP contribution in [0.2, 0.25) is 0 Å². The number of carbonyl (C=O) groups is 1. The number of carbonyl (C=O) groups excluding carboxylic acids is 1. The normalized spacial score (nSPS) is 16.3. The molecule has 1 atom stereocenters. The number of nitrogens with zero attached hydrogens (tertiary/aromatic N) is 1. The van der Waals surface area contributed by atoms with E-state index in [1.165, 1.54) is 4.88 Å². The molecule has 1 amide bonds. The van der Waals surface area contributed by atoms with Crippen molar-refractivity contribution < 1.29 is 9.53 Å². The molecule has 0 saturated heterocycles. The van der Waals surface area contributed by atoms with Crippen LogP contribution in [-0.4, -0.2) is 13.0 Å². The summed E-state index contributed by atoms with van der Waals surface area (Å²) < 4.78 is 5.29. The van der Waals surface area contributed by atoms with Gasteiger partial charge in [0.1, 0.15) is 11.9 Å². The van der Waals surface area contributed by atoms with Crippen molar-refractivity contribution in [1.29, 1.82) is 0 Å². The fourth-order valence-corrected chi connectivity index (χ4v) is 3.99. The molecule has 5 heteroatoms. The summed E-state index contributed by atoms with van der Waals surface area (Å²) in [6.07, 6.45) is -0.227. The van der Waals surface area contributed by atoms with Gasteiger partial charge in [0.15, 0.2) is 0 Å². The standard InChI is InChI=1S/C20H18N2O2S/c1-13-8-11-18(25-13)19-21-17-10-9-15(24-2)12-16(17)20(23)22(19)14-6-4-3-5-7-14/h3-12,19,21H,1-2H3. The molecule has 4 rings (SSSR count). The Labute approximate surface area is 150 Å². The van der Waals surface area contributed by atoms with E-state index in [0.29, 0.717) is 11.3 Å². The summed E-state index contributed by atoms with van der Waals surface area (Å²) in [5, 5.41) is 3.52. The van der Waals surface area contributed by atoms with E-state index in [9.17, 15) is 4.79 Å². The van der Waals surface area contributed by atoms with Gasteiger partial charge in [0, 0.05) is 21.1 Å². The molecule has 2 aromatic carbocycles. The number of amides is 1. The summed E-state index contributed by atoms with van der Waals surface area (Å²) in [6, 6.07) is 19.5. The fraction of sp³-hybridized carbons (Fsp3) is 0.150. The molecule has 1 aliphatic heterocycles. The highest BCUT2D eigenvalue weighted by atomic mass is 32.1. The average Bonchev–Trinajstić information content (AvgIpc) is 3.08. The van der Waals surface area contributed by atoms with Crippen LogP contribution in [-0.2, 0) is 0 Å². The topological polar surface area (TPSA) is 41.6 Å². The highest BCUT2D eigenvalue weighted by Gasteiger charge is 2.35. The number of methoxy groups -OCH3 is 1. The molecule has 0 saturated carbocycles. The van der Waals surface area contributed by atoms with Crippen LogP contribution < -0.4 is 15.0 Å². The molecular formula is C20H18N2O2S. The third-order valence-electron chi connectivity index (χ3n) is 4.29. The summed E-state index contributed by atoms with van der Waals surface area (Å²) in [4.78, 5) is 17.5. The lowest BCUT2D eigenvalue weighted by atomic mass is 10.1. The Hall–Kier alpha value is -2.79. The first-order valence-corrected chi connectivity index (χ1v) is 8.88. The molecule has 1 aromatic heterocycles. The fourth-order valence-electron chi connectivity index (χ4n) is 3.07. The van der Waals surface area contributed by atoms with Crippen LogP contribution in [0.1, 0.15) is 26.3 Å². The molecule has 25 heavy (non-hydrogen) atoms. The van der Waals surface area contributed by atoms with Crippen molar-refractivity contribution in [2.75, 3.05) is 17.3 Å². The van der Waals surface area contributed by atoms with Crippen molar-refractivity contribution >= 4 is 28.6 Å². The summed E-state index contributed by atoms with van der Waals surface area (Å²) >= 11 is 1.70. The van der Waals surface area contributed by atoms with E-state index >= 15 is 0 Å². The zero-order valence-corrected chi connectivity index (χ0v) is 14.8. The number of para-hydroxylation sites is 1. The van der Waals surface area contributed by atoms with Gasteiger partial charge in [-0.25, -0.2) is 0 Å². The number of aryl methyl sites for hydroxylation is 1. The molecule has 4 nitrogen and oxygen atoms in total. The number of rotatable bonds is 3. The van der Waals surface area contributed by atoms with Crippen molar-refractivity contribution in [3.63, 3.8) is 0 Å². The Balaban J connectivity index is 1.85. The molecule has 0 aliphatic carbocycles. The van der Waals surface area contributed by atoms with Gasteiger partial charge in [-0.15, -0.1) is 11.3 Å². The van der Waals surface area contributed by atoms with Gasteiger partial charge < -0.3 is 10.1 Å². The van der Waals surface area contributed by atoms with Crippen LogP contribution >= 0.6 is 11.3 Å². The van der Waals surface area contributed by atoms with E-state index in [1.54, 1.807) is 24.5 Å². The van der Waals surface area contributed by atoms with Gasteiger partial charge in [0.05, 0.1) is 12.7 Å². The first-order valence-electron chi connectivity index (χ1n) is 8.07. The quantitative estimate of drug-likeness (QED) is 0.735. The van der Waals surface area contributed by atoms with Crippen LogP contribution in [0.4, 0.5) is 11.4 Å². The van der Waals surface area contributed by atoms with Crippen LogP contribution in [0.5, 0.6) is 5.75 Å². The largest absolute Gasteiger partial charge is 0.497 e. The minimum absolute atomic E-state index is 0.0325. The van der Waals surface area contributed by atoms with Crippen molar-refractivity contribution in [3.8, 4) is 5.75 Å². The smallest absolute Gasteiger partial charge is 0.262 e. The Morgan fingerprint density at radius 3 is 2.56 bits per heavy atom. The second kappa shape index (κ2) is 6.26. The minimum atomic E-state index is -0.227. The molecule has 1 N–H and O–H groups in total. The molecule has 126 valence electrons. The first-order chi connectivity index (χ1) is 12.2. The van der Waals surface area contributed by atoms with Crippen LogP contribution in [0.3, 0.4) is 0 Å². The summed E-state index contributed by atoms with van der Waals surface area (Å²) in [5.41, 5.74) is 2.31. The number of ether oxygens (including phenoxy) is 1. The van der Waals surface area contributed by atoms with Crippen LogP contribution in [0, 0.1) is 6.92 Å². The molecule has 3 aromatic rings. The molecule has 0 radical (unpaired) electrons. The van der Waals surface area contributed by atoms with Crippen LogP contribution in [0.25, 0.3) is 0 Å². The highest BCUT2D eigenvalue weighted by Crippen LogP contribution is 2.39. The maximum Gasteiger partial charge on any atom is 0.262 e. The first kappa shape index (κ1) is 15.7. The number of benzene rings is 2. The van der Waals surface area contributed by atoms with Gasteiger partial charge in [-0.2, -0.15) is 0 Å². The third-order valence-corrected chi connectivity index (χ3v) is 5.34. The van der Waals surface area contributed by atoms with Gasteiger partial charge in [-0.1, -0.05) is 18.2 Å². The highest BCUT2D eigenvalue weighted by molar-refractivity contribution is 7.12. The van der Waals surface area contributed by atoms with E-state index in [2.05, 4.69) is 24.4 Å². The lowest BCUT2D eigenvalue weighted by Gasteiger charge is -2.37. The van der Waals surface area contributed by atoms with Gasteiger partial charge >= 0.3 is 0 Å².